The van der Waals surface area contributed by atoms with Gasteiger partial charge >= 0.3 is 6.09 Å². The van der Waals surface area contributed by atoms with Crippen molar-refractivity contribution in [2.75, 3.05) is 19.7 Å². The topological polar surface area (TPSA) is 115 Å². The number of alkyl carbamates (subject to hydrolysis) is 1. The summed E-state index contributed by atoms with van der Waals surface area (Å²) in [6.07, 6.45) is -0.671. The quantitative estimate of drug-likeness (QED) is 0.335. The summed E-state index contributed by atoms with van der Waals surface area (Å²) in [5.41, 5.74) is 2.08. The van der Waals surface area contributed by atoms with E-state index >= 15 is 0 Å². The van der Waals surface area contributed by atoms with Gasteiger partial charge < -0.3 is 34.7 Å². The second-order valence-corrected chi connectivity index (χ2v) is 10.1. The number of benzene rings is 2. The van der Waals surface area contributed by atoms with Crippen LogP contribution in [-0.2, 0) is 36.8 Å². The lowest BCUT2D eigenvalue weighted by Gasteiger charge is -2.42. The van der Waals surface area contributed by atoms with E-state index in [-0.39, 0.29) is 31.3 Å². The minimum atomic E-state index is -0.860. The first-order chi connectivity index (χ1) is 19.1. The van der Waals surface area contributed by atoms with Gasteiger partial charge in [-0.15, -0.1) is 0 Å². The first kappa shape index (κ1) is 29.0. The van der Waals surface area contributed by atoms with E-state index in [4.69, 9.17) is 18.9 Å². The molecule has 6 atom stereocenters. The molecule has 0 bridgehead atoms. The molecule has 9 heteroatoms. The van der Waals surface area contributed by atoms with E-state index in [9.17, 15) is 14.7 Å². The second kappa shape index (κ2) is 15.0. The fourth-order valence-electron chi connectivity index (χ4n) is 5.01. The molecule has 0 aromatic heterocycles. The lowest BCUT2D eigenvalue weighted by Crippen LogP contribution is -2.60. The van der Waals surface area contributed by atoms with E-state index in [2.05, 4.69) is 10.6 Å². The van der Waals surface area contributed by atoms with Gasteiger partial charge in [0.1, 0.15) is 18.3 Å². The summed E-state index contributed by atoms with van der Waals surface area (Å²) in [6, 6.07) is 19.6. The maximum atomic E-state index is 12.6. The number of hydrogen-bond acceptors (Lipinski definition) is 7. The Hall–Kier alpha value is -2.98. The molecule has 2 aliphatic heterocycles. The fourth-order valence-corrected chi connectivity index (χ4v) is 5.01. The Labute approximate surface area is 230 Å². The predicted octanol–water partition coefficient (Wildman–Crippen LogP) is 3.13. The van der Waals surface area contributed by atoms with Gasteiger partial charge in [0.25, 0.3) is 0 Å². The predicted molar refractivity (Wildman–Crippen MR) is 145 cm³/mol. The third-order valence-corrected chi connectivity index (χ3v) is 7.09. The van der Waals surface area contributed by atoms with Gasteiger partial charge in [0, 0.05) is 25.9 Å². The number of ether oxygens (including phenoxy) is 4. The summed E-state index contributed by atoms with van der Waals surface area (Å²) in [5.74, 6) is -0.0479. The highest BCUT2D eigenvalue weighted by molar-refractivity contribution is 5.76. The normalized spacial score (nSPS) is 26.0. The number of hydrogen-bond donors (Lipinski definition) is 3. The van der Waals surface area contributed by atoms with Gasteiger partial charge in [-0.05, 0) is 24.0 Å². The number of carbonyl (C=O) groups excluding carboxylic acids is 2. The highest BCUT2D eigenvalue weighted by Crippen LogP contribution is 2.36. The molecular formula is C30H40N2O7. The molecule has 0 radical (unpaired) electrons. The molecular weight excluding hydrogens is 500 g/mol. The van der Waals surface area contributed by atoms with E-state index < -0.39 is 30.5 Å². The van der Waals surface area contributed by atoms with Crippen molar-refractivity contribution in [2.45, 2.75) is 82.3 Å². The zero-order valence-corrected chi connectivity index (χ0v) is 22.5. The second-order valence-electron chi connectivity index (χ2n) is 10.1. The highest BCUT2D eigenvalue weighted by atomic mass is 16.6. The Morgan fingerprint density at radius 1 is 0.974 bits per heavy atom. The van der Waals surface area contributed by atoms with Gasteiger partial charge in [0.15, 0.2) is 6.10 Å². The zero-order valence-electron chi connectivity index (χ0n) is 22.5. The SMILES string of the molecule is CCCCNC(=O)O[C@H]1[C@H](OCc2ccccc2)[C@H]2OC(CNC(=O)CCc3ccccc3)C[C@H]2O[C@@H]1CO. The maximum absolute atomic E-state index is 12.6. The molecule has 39 heavy (non-hydrogen) atoms. The van der Waals surface area contributed by atoms with Crippen LogP contribution in [0.2, 0.25) is 0 Å². The zero-order chi connectivity index (χ0) is 27.5. The molecule has 2 aromatic rings. The lowest BCUT2D eigenvalue weighted by atomic mass is 9.94. The van der Waals surface area contributed by atoms with Crippen molar-refractivity contribution < 1.29 is 33.6 Å². The van der Waals surface area contributed by atoms with Gasteiger partial charge in [0.05, 0.1) is 25.4 Å². The van der Waals surface area contributed by atoms with Crippen molar-refractivity contribution in [2.24, 2.45) is 0 Å². The molecule has 2 saturated heterocycles. The largest absolute Gasteiger partial charge is 0.440 e. The monoisotopic (exact) mass is 540 g/mol. The van der Waals surface area contributed by atoms with Gasteiger partial charge in [-0.1, -0.05) is 74.0 Å². The standard InChI is InChI=1S/C30H40N2O7/c1-2-3-16-31-30(35)39-28-25(19-33)38-24-17-23(18-32-26(34)15-14-21-10-6-4-7-11-21)37-27(24)29(28)36-20-22-12-8-5-9-13-22/h4-13,23-25,27-29,33H,2-3,14-20H2,1H3,(H,31,35)(H,32,34)/t23?,24-,25-,27+,28-,29-/m1/s1. The number of amides is 2. The van der Waals surface area contributed by atoms with Crippen LogP contribution >= 0.6 is 0 Å². The van der Waals surface area contributed by atoms with Gasteiger partial charge in [-0.2, -0.15) is 0 Å². The van der Waals surface area contributed by atoms with Gasteiger partial charge in [0.2, 0.25) is 5.91 Å². The van der Waals surface area contributed by atoms with Crippen molar-refractivity contribution >= 4 is 12.0 Å². The van der Waals surface area contributed by atoms with E-state index in [0.29, 0.717) is 32.4 Å². The molecule has 2 amide bonds. The number of aliphatic hydroxyl groups excluding tert-OH is 1. The molecule has 0 aliphatic carbocycles. The van der Waals surface area contributed by atoms with Crippen molar-refractivity contribution in [3.8, 4) is 0 Å². The fraction of sp³-hybridized carbons (Fsp3) is 0.533. The summed E-state index contributed by atoms with van der Waals surface area (Å²) < 4.78 is 24.5. The lowest BCUT2D eigenvalue weighted by molar-refractivity contribution is -0.233. The molecule has 212 valence electrons. The number of aliphatic hydroxyl groups is 1. The molecule has 2 aromatic carbocycles. The number of nitrogens with one attached hydrogen (secondary N) is 2. The first-order valence-electron chi connectivity index (χ1n) is 13.9. The average Bonchev–Trinajstić information content (AvgIpc) is 3.38. The van der Waals surface area contributed by atoms with Crippen LogP contribution in [0.5, 0.6) is 0 Å². The Morgan fingerprint density at radius 3 is 2.38 bits per heavy atom. The Morgan fingerprint density at radius 2 is 1.69 bits per heavy atom. The summed E-state index contributed by atoms with van der Waals surface area (Å²) >= 11 is 0. The molecule has 0 spiro atoms. The van der Waals surface area contributed by atoms with Gasteiger partial charge in [-0.3, -0.25) is 4.79 Å². The van der Waals surface area contributed by atoms with Crippen LogP contribution in [0.1, 0.15) is 43.7 Å². The maximum Gasteiger partial charge on any atom is 0.407 e. The number of fused-ring (bicyclic) bond motifs is 1. The number of unbranched alkanes of at least 4 members (excludes halogenated alkanes) is 1. The molecule has 9 nitrogen and oxygen atoms in total. The minimum absolute atomic E-state index is 0.0479. The molecule has 2 aliphatic rings. The molecule has 3 N–H and O–H groups in total. The molecule has 0 saturated carbocycles. The van der Waals surface area contributed by atoms with E-state index in [1.165, 1.54) is 0 Å². The van der Waals surface area contributed by atoms with Crippen molar-refractivity contribution in [1.29, 1.82) is 0 Å². The smallest absolute Gasteiger partial charge is 0.407 e. The van der Waals surface area contributed by atoms with E-state index in [1.54, 1.807) is 0 Å². The molecule has 1 unspecified atom stereocenters. The highest BCUT2D eigenvalue weighted by Gasteiger charge is 2.53. The molecule has 2 fully saturated rings. The van der Waals surface area contributed by atoms with E-state index in [1.807, 2.05) is 67.6 Å². The van der Waals surface area contributed by atoms with E-state index in [0.717, 1.165) is 24.0 Å². The Balaban J connectivity index is 1.38. The van der Waals surface area contributed by atoms with Crippen LogP contribution in [0.25, 0.3) is 0 Å². The van der Waals surface area contributed by atoms with Crippen LogP contribution in [0.3, 0.4) is 0 Å². The number of aryl methyl sites for hydroxylation is 1. The summed E-state index contributed by atoms with van der Waals surface area (Å²) in [4.78, 5) is 25.0. The van der Waals surface area contributed by atoms with Crippen molar-refractivity contribution in [3.05, 3.63) is 71.8 Å². The first-order valence-corrected chi connectivity index (χ1v) is 13.9. The summed E-state index contributed by atoms with van der Waals surface area (Å²) in [6.45, 7) is 2.83. The van der Waals surface area contributed by atoms with Crippen molar-refractivity contribution in [1.82, 2.24) is 10.6 Å². The van der Waals surface area contributed by atoms with Crippen LogP contribution in [0.4, 0.5) is 4.79 Å². The third kappa shape index (κ3) is 8.50. The van der Waals surface area contributed by atoms with Crippen LogP contribution in [0.15, 0.2) is 60.7 Å². The number of rotatable bonds is 13. The molecule has 4 rings (SSSR count). The Kier molecular flexibility index (Phi) is 11.1. The number of carbonyl (C=O) groups is 2. The van der Waals surface area contributed by atoms with Crippen molar-refractivity contribution in [3.63, 3.8) is 0 Å². The van der Waals surface area contributed by atoms with Crippen LogP contribution < -0.4 is 10.6 Å². The molecule has 2 heterocycles. The van der Waals surface area contributed by atoms with Gasteiger partial charge in [-0.25, -0.2) is 4.79 Å². The van der Waals surface area contributed by atoms with Crippen LogP contribution in [-0.4, -0.2) is 73.4 Å². The summed E-state index contributed by atoms with van der Waals surface area (Å²) in [7, 11) is 0. The summed E-state index contributed by atoms with van der Waals surface area (Å²) in [5, 5.41) is 15.8. The third-order valence-electron chi connectivity index (χ3n) is 7.09. The van der Waals surface area contributed by atoms with Crippen LogP contribution in [0, 0.1) is 0 Å². The minimum Gasteiger partial charge on any atom is -0.440 e. The average molecular weight is 541 g/mol. The Bertz CT molecular complexity index is 1020.